The number of hydrogen-bond donors (Lipinski definition) is 2. The lowest BCUT2D eigenvalue weighted by atomic mass is 10.1. The second kappa shape index (κ2) is 10.0. The van der Waals surface area contributed by atoms with Gasteiger partial charge in [-0.3, -0.25) is 14.5 Å². The molecule has 1 aromatic rings. The molecule has 0 radical (unpaired) electrons. The summed E-state index contributed by atoms with van der Waals surface area (Å²) < 4.78 is 0. The van der Waals surface area contributed by atoms with E-state index in [1.54, 1.807) is 6.07 Å². The van der Waals surface area contributed by atoms with Gasteiger partial charge in [0.05, 0.1) is 0 Å². The van der Waals surface area contributed by atoms with Crippen LogP contribution in [0, 0.1) is 6.92 Å². The maximum absolute atomic E-state index is 12.0. The van der Waals surface area contributed by atoms with Crippen molar-refractivity contribution in [3.05, 3.63) is 35.4 Å². The van der Waals surface area contributed by atoms with Gasteiger partial charge >= 0.3 is 0 Å². The minimum Gasteiger partial charge on any atom is -0.354 e. The van der Waals surface area contributed by atoms with Crippen molar-refractivity contribution < 1.29 is 9.59 Å². The Morgan fingerprint density at radius 2 is 1.87 bits per heavy atom. The maximum atomic E-state index is 12.0. The molecule has 0 aliphatic rings. The topological polar surface area (TPSA) is 61.4 Å². The second-order valence-corrected chi connectivity index (χ2v) is 5.75. The molecule has 0 saturated carbocycles. The van der Waals surface area contributed by atoms with Crippen LogP contribution in [0.4, 0.5) is 0 Å². The van der Waals surface area contributed by atoms with Crippen LogP contribution in [0.5, 0.6) is 0 Å². The lowest BCUT2D eigenvalue weighted by Crippen LogP contribution is -2.42. The zero-order valence-corrected chi connectivity index (χ0v) is 14.7. The molecular formula is C18H29N3O2. The standard InChI is InChI=1S/C18H29N3O2/c1-5-21(6-2)15(4)13-20-17(22)10-11-19-18(23)16-9-7-8-14(3)12-16/h7-9,12,15H,5-6,10-11,13H2,1-4H3,(H,19,23)(H,20,22). The Labute approximate surface area is 139 Å². The van der Waals surface area contributed by atoms with Crippen molar-refractivity contribution in [2.75, 3.05) is 26.2 Å². The Kier molecular flexibility index (Phi) is 8.33. The Morgan fingerprint density at radius 1 is 1.17 bits per heavy atom. The number of carbonyl (C=O) groups is 2. The molecular weight excluding hydrogens is 290 g/mol. The molecule has 0 heterocycles. The lowest BCUT2D eigenvalue weighted by molar-refractivity contribution is -0.121. The van der Waals surface area contributed by atoms with Gasteiger partial charge in [0.25, 0.3) is 5.91 Å². The Hall–Kier alpha value is -1.88. The van der Waals surface area contributed by atoms with Gasteiger partial charge in [-0.25, -0.2) is 0 Å². The lowest BCUT2D eigenvalue weighted by Gasteiger charge is -2.26. The first-order valence-corrected chi connectivity index (χ1v) is 8.33. The zero-order valence-electron chi connectivity index (χ0n) is 14.7. The van der Waals surface area contributed by atoms with Gasteiger partial charge in [0.1, 0.15) is 0 Å². The van der Waals surface area contributed by atoms with Crippen molar-refractivity contribution in [3.63, 3.8) is 0 Å². The van der Waals surface area contributed by atoms with Crippen molar-refractivity contribution in [1.29, 1.82) is 0 Å². The smallest absolute Gasteiger partial charge is 0.251 e. The normalized spacial score (nSPS) is 12.0. The highest BCUT2D eigenvalue weighted by Gasteiger charge is 2.11. The number of nitrogens with one attached hydrogen (secondary N) is 2. The molecule has 0 aliphatic carbocycles. The molecule has 128 valence electrons. The van der Waals surface area contributed by atoms with E-state index >= 15 is 0 Å². The van der Waals surface area contributed by atoms with Gasteiger partial charge < -0.3 is 10.6 Å². The molecule has 0 aromatic heterocycles. The predicted octanol–water partition coefficient (Wildman–Crippen LogP) is 1.96. The third-order valence-electron chi connectivity index (χ3n) is 3.95. The summed E-state index contributed by atoms with van der Waals surface area (Å²) in [4.78, 5) is 26.1. The van der Waals surface area contributed by atoms with Crippen LogP contribution >= 0.6 is 0 Å². The number of likely N-dealkylation sites (N-methyl/N-ethyl adjacent to an activating group) is 1. The van der Waals surface area contributed by atoms with Gasteiger partial charge in [0.15, 0.2) is 0 Å². The fourth-order valence-electron chi connectivity index (χ4n) is 2.50. The van der Waals surface area contributed by atoms with Gasteiger partial charge in [-0.2, -0.15) is 0 Å². The van der Waals surface area contributed by atoms with E-state index in [0.29, 0.717) is 31.1 Å². The number of aryl methyl sites for hydroxylation is 1. The molecule has 1 aromatic carbocycles. The van der Waals surface area contributed by atoms with Gasteiger partial charge in [0, 0.05) is 31.1 Å². The van der Waals surface area contributed by atoms with E-state index in [2.05, 4.69) is 36.3 Å². The molecule has 2 N–H and O–H groups in total. The highest BCUT2D eigenvalue weighted by molar-refractivity contribution is 5.94. The van der Waals surface area contributed by atoms with Crippen molar-refractivity contribution >= 4 is 11.8 Å². The molecule has 0 saturated heterocycles. The third kappa shape index (κ3) is 6.82. The molecule has 0 fully saturated rings. The van der Waals surface area contributed by atoms with E-state index in [1.807, 2.05) is 25.1 Å². The van der Waals surface area contributed by atoms with Crippen LogP contribution in [0.2, 0.25) is 0 Å². The van der Waals surface area contributed by atoms with Crippen molar-refractivity contribution in [2.45, 2.75) is 40.2 Å². The highest BCUT2D eigenvalue weighted by atomic mass is 16.2. The van der Waals surface area contributed by atoms with Crippen LogP contribution in [0.15, 0.2) is 24.3 Å². The summed E-state index contributed by atoms with van der Waals surface area (Å²) >= 11 is 0. The fraction of sp³-hybridized carbons (Fsp3) is 0.556. The summed E-state index contributed by atoms with van der Waals surface area (Å²) in [6.45, 7) is 11.2. The summed E-state index contributed by atoms with van der Waals surface area (Å²) in [6, 6.07) is 7.72. The van der Waals surface area contributed by atoms with Gasteiger partial charge in [0.2, 0.25) is 5.91 Å². The molecule has 2 amide bonds. The number of amides is 2. The van der Waals surface area contributed by atoms with Crippen LogP contribution in [0.25, 0.3) is 0 Å². The minimum atomic E-state index is -0.141. The van der Waals surface area contributed by atoms with Gasteiger partial charge in [-0.05, 0) is 39.1 Å². The SMILES string of the molecule is CCN(CC)C(C)CNC(=O)CCNC(=O)c1cccc(C)c1. The van der Waals surface area contributed by atoms with Crippen molar-refractivity contribution in [1.82, 2.24) is 15.5 Å². The van der Waals surface area contributed by atoms with E-state index in [0.717, 1.165) is 18.7 Å². The van der Waals surface area contributed by atoms with E-state index < -0.39 is 0 Å². The van der Waals surface area contributed by atoms with Gasteiger partial charge in [-0.1, -0.05) is 31.5 Å². The van der Waals surface area contributed by atoms with E-state index in [1.165, 1.54) is 0 Å². The Balaban J connectivity index is 2.27. The first-order chi connectivity index (χ1) is 11.0. The Morgan fingerprint density at radius 3 is 2.48 bits per heavy atom. The predicted molar refractivity (Wildman–Crippen MR) is 93.5 cm³/mol. The molecule has 5 heteroatoms. The molecule has 1 unspecified atom stereocenters. The average molecular weight is 319 g/mol. The monoisotopic (exact) mass is 319 g/mol. The quantitative estimate of drug-likeness (QED) is 0.731. The summed E-state index contributed by atoms with van der Waals surface area (Å²) in [7, 11) is 0. The number of rotatable bonds is 9. The number of hydrogen-bond acceptors (Lipinski definition) is 3. The zero-order chi connectivity index (χ0) is 17.2. The van der Waals surface area contributed by atoms with Crippen molar-refractivity contribution in [2.24, 2.45) is 0 Å². The molecule has 23 heavy (non-hydrogen) atoms. The van der Waals surface area contributed by atoms with E-state index in [9.17, 15) is 9.59 Å². The summed E-state index contributed by atoms with van der Waals surface area (Å²) in [5.74, 6) is -0.174. The van der Waals surface area contributed by atoms with Crippen LogP contribution in [0.3, 0.4) is 0 Å². The van der Waals surface area contributed by atoms with Crippen LogP contribution in [0.1, 0.15) is 43.1 Å². The van der Waals surface area contributed by atoms with E-state index in [-0.39, 0.29) is 11.8 Å². The number of benzene rings is 1. The summed E-state index contributed by atoms with van der Waals surface area (Å²) in [5, 5.41) is 5.70. The first kappa shape index (κ1) is 19.2. The average Bonchev–Trinajstić information content (AvgIpc) is 2.54. The fourth-order valence-corrected chi connectivity index (χ4v) is 2.50. The first-order valence-electron chi connectivity index (χ1n) is 8.33. The van der Waals surface area contributed by atoms with Crippen LogP contribution in [-0.2, 0) is 4.79 Å². The summed E-state index contributed by atoms with van der Waals surface area (Å²) in [5.41, 5.74) is 1.67. The minimum absolute atomic E-state index is 0.0338. The third-order valence-corrected chi connectivity index (χ3v) is 3.95. The largest absolute Gasteiger partial charge is 0.354 e. The molecule has 1 rings (SSSR count). The summed E-state index contributed by atoms with van der Waals surface area (Å²) in [6.07, 6.45) is 0.294. The Bertz CT molecular complexity index is 513. The number of carbonyl (C=O) groups excluding carboxylic acids is 2. The van der Waals surface area contributed by atoms with Crippen LogP contribution in [-0.4, -0.2) is 48.9 Å². The van der Waals surface area contributed by atoms with Gasteiger partial charge in [-0.15, -0.1) is 0 Å². The number of nitrogens with zero attached hydrogens (tertiary/aromatic N) is 1. The molecule has 0 spiro atoms. The molecule has 5 nitrogen and oxygen atoms in total. The van der Waals surface area contributed by atoms with Crippen molar-refractivity contribution in [3.8, 4) is 0 Å². The highest BCUT2D eigenvalue weighted by Crippen LogP contribution is 2.03. The molecule has 0 bridgehead atoms. The van der Waals surface area contributed by atoms with E-state index in [4.69, 9.17) is 0 Å². The van der Waals surface area contributed by atoms with Crippen LogP contribution < -0.4 is 10.6 Å². The maximum Gasteiger partial charge on any atom is 0.251 e. The molecule has 0 aliphatic heterocycles. The second-order valence-electron chi connectivity index (χ2n) is 5.75. The molecule has 1 atom stereocenters.